The van der Waals surface area contributed by atoms with Crippen LogP contribution in [0, 0.1) is 17.8 Å². The molecule has 0 spiro atoms. The zero-order valence-electron chi connectivity index (χ0n) is 19.5. The van der Waals surface area contributed by atoms with Crippen LogP contribution in [-0.4, -0.2) is 51.6 Å². The van der Waals surface area contributed by atoms with Gasteiger partial charge in [0, 0.05) is 13.0 Å². The molecule has 8 nitrogen and oxygen atoms in total. The Hall–Kier alpha value is -2.65. The lowest BCUT2D eigenvalue weighted by Gasteiger charge is -2.42. The minimum Gasteiger partial charge on any atom is -0.508 e. The second-order valence-corrected chi connectivity index (χ2v) is 9.59. The molecule has 0 radical (unpaired) electrons. The zero-order valence-corrected chi connectivity index (χ0v) is 19.5. The first-order chi connectivity index (χ1) is 16.3. The molecule has 2 fully saturated rings. The highest BCUT2D eigenvalue weighted by Crippen LogP contribution is 2.52. The summed E-state index contributed by atoms with van der Waals surface area (Å²) in [6, 6.07) is 6.64. The molecule has 4 rings (SSSR count). The number of carbonyl (C=O) groups is 3. The minimum absolute atomic E-state index is 0.0828. The maximum absolute atomic E-state index is 13.5. The van der Waals surface area contributed by atoms with E-state index in [9.17, 15) is 24.5 Å². The topological polar surface area (TPSA) is 124 Å². The molecule has 2 amide bonds. The number of amides is 2. The Labute approximate surface area is 199 Å². The van der Waals surface area contributed by atoms with E-state index in [-0.39, 0.29) is 29.9 Å². The molecule has 2 heterocycles. The van der Waals surface area contributed by atoms with Crippen LogP contribution in [0.5, 0.6) is 5.75 Å². The van der Waals surface area contributed by atoms with Crippen molar-refractivity contribution < 1.29 is 34.3 Å². The number of benzene rings is 1. The van der Waals surface area contributed by atoms with Gasteiger partial charge in [-0.05, 0) is 61.2 Å². The molecule has 9 heteroatoms. The summed E-state index contributed by atoms with van der Waals surface area (Å²) in [4.78, 5) is 38.8. The van der Waals surface area contributed by atoms with Gasteiger partial charge in [0.25, 0.3) is 0 Å². The van der Waals surface area contributed by atoms with Crippen molar-refractivity contribution in [1.29, 1.82) is 0 Å². The lowest BCUT2D eigenvalue weighted by molar-refractivity contribution is -0.141. The number of phenols is 1. The summed E-state index contributed by atoms with van der Waals surface area (Å²) >= 11 is 0. The Kier molecular flexibility index (Phi) is 7.43. The number of unbranched alkanes of at least 4 members (excludes halogenated alkanes) is 2. The van der Waals surface area contributed by atoms with E-state index in [1.54, 1.807) is 24.3 Å². The second-order valence-electron chi connectivity index (χ2n) is 9.59. The van der Waals surface area contributed by atoms with E-state index in [2.05, 4.69) is 6.92 Å². The molecule has 4 atom stereocenters. The third kappa shape index (κ3) is 4.77. The van der Waals surface area contributed by atoms with Crippen molar-refractivity contribution >= 4 is 24.9 Å². The van der Waals surface area contributed by atoms with Crippen molar-refractivity contribution in [1.82, 2.24) is 4.90 Å². The van der Waals surface area contributed by atoms with Gasteiger partial charge in [-0.25, -0.2) is 0 Å². The van der Waals surface area contributed by atoms with Gasteiger partial charge in [-0.2, -0.15) is 0 Å². The largest absolute Gasteiger partial charge is 0.508 e. The van der Waals surface area contributed by atoms with E-state index in [4.69, 9.17) is 9.76 Å². The number of aliphatic carboxylic acids is 1. The third-order valence-electron chi connectivity index (χ3n) is 7.39. The number of hydrogen-bond acceptors (Lipinski definition) is 6. The van der Waals surface area contributed by atoms with E-state index in [1.165, 1.54) is 4.90 Å². The number of nitrogens with zero attached hydrogens (tertiary/aromatic N) is 1. The first-order valence-electron chi connectivity index (χ1n) is 12.2. The Balaban J connectivity index is 1.56. The number of imide groups is 1. The molecule has 34 heavy (non-hydrogen) atoms. The summed E-state index contributed by atoms with van der Waals surface area (Å²) < 4.78 is 5.97. The summed E-state index contributed by atoms with van der Waals surface area (Å²) in [6.07, 6.45) is 3.94. The average molecular weight is 469 g/mol. The van der Waals surface area contributed by atoms with Crippen molar-refractivity contribution in [3.05, 3.63) is 40.9 Å². The number of carbonyl (C=O) groups excluding carboxylic acids is 2. The number of carboxylic acids is 1. The van der Waals surface area contributed by atoms with Crippen molar-refractivity contribution in [2.24, 2.45) is 17.8 Å². The van der Waals surface area contributed by atoms with E-state index in [1.807, 2.05) is 0 Å². The van der Waals surface area contributed by atoms with Crippen LogP contribution in [0.25, 0.3) is 0 Å². The number of rotatable bonds is 9. The average Bonchev–Trinajstić information content (AvgIpc) is 3.03. The van der Waals surface area contributed by atoms with Crippen molar-refractivity contribution in [2.75, 3.05) is 6.54 Å². The highest BCUT2D eigenvalue weighted by Gasteiger charge is 2.57. The molecule has 2 saturated heterocycles. The fourth-order valence-corrected chi connectivity index (χ4v) is 5.86. The Morgan fingerprint density at radius 1 is 1.12 bits per heavy atom. The Morgan fingerprint density at radius 2 is 1.85 bits per heavy atom. The van der Waals surface area contributed by atoms with Gasteiger partial charge in [0.1, 0.15) is 5.75 Å². The Bertz CT molecular complexity index is 976. The van der Waals surface area contributed by atoms with Gasteiger partial charge in [-0.15, -0.1) is 0 Å². The number of carboxylic acid groups (broad SMARTS) is 1. The summed E-state index contributed by atoms with van der Waals surface area (Å²) in [5.41, 5.74) is 2.60. The zero-order chi connectivity index (χ0) is 24.4. The SMILES string of the molecule is CCCC1=C2B(O)O[C@H](c3ccc(O)cc3)C[C@H]2[C@H]2C(=O)N(CCCCCC(=O)O)C(=O)[C@H]2C1. The molecule has 0 bridgehead atoms. The van der Waals surface area contributed by atoms with Crippen molar-refractivity contribution in [2.45, 2.75) is 64.4 Å². The number of aromatic hydroxyl groups is 1. The molecular formula is C25H32BNO7. The molecular weight excluding hydrogens is 437 g/mol. The van der Waals surface area contributed by atoms with Crippen LogP contribution in [-0.2, 0) is 19.0 Å². The quantitative estimate of drug-likeness (QED) is 0.288. The predicted molar refractivity (Wildman–Crippen MR) is 124 cm³/mol. The number of likely N-dealkylation sites (tertiary alicyclic amines) is 1. The van der Waals surface area contributed by atoms with Crippen LogP contribution in [0.3, 0.4) is 0 Å². The lowest BCUT2D eigenvalue weighted by atomic mass is 9.54. The van der Waals surface area contributed by atoms with Gasteiger partial charge in [-0.1, -0.05) is 37.5 Å². The summed E-state index contributed by atoms with van der Waals surface area (Å²) in [6.45, 7) is 2.35. The fraction of sp³-hybridized carbons (Fsp3) is 0.560. The normalized spacial score (nSPS) is 26.6. The molecule has 182 valence electrons. The van der Waals surface area contributed by atoms with Crippen LogP contribution in [0.4, 0.5) is 0 Å². The molecule has 3 N–H and O–H groups in total. The van der Waals surface area contributed by atoms with Crippen LogP contribution in [0.15, 0.2) is 35.3 Å². The maximum Gasteiger partial charge on any atom is 0.487 e. The van der Waals surface area contributed by atoms with Gasteiger partial charge in [0.2, 0.25) is 11.8 Å². The van der Waals surface area contributed by atoms with Gasteiger partial charge >= 0.3 is 13.1 Å². The third-order valence-corrected chi connectivity index (χ3v) is 7.39. The van der Waals surface area contributed by atoms with Gasteiger partial charge in [-0.3, -0.25) is 19.3 Å². The molecule has 1 aromatic rings. The van der Waals surface area contributed by atoms with Crippen LogP contribution >= 0.6 is 0 Å². The van der Waals surface area contributed by atoms with Crippen molar-refractivity contribution in [3.8, 4) is 5.75 Å². The van der Waals surface area contributed by atoms with Gasteiger partial charge in [0.15, 0.2) is 0 Å². The van der Waals surface area contributed by atoms with E-state index < -0.39 is 31.0 Å². The number of phenolic OH excluding ortho intramolecular Hbond substituents is 1. The minimum atomic E-state index is -1.13. The first-order valence-corrected chi connectivity index (χ1v) is 12.2. The van der Waals surface area contributed by atoms with E-state index in [0.29, 0.717) is 38.6 Å². The molecule has 0 aromatic heterocycles. The summed E-state index contributed by atoms with van der Waals surface area (Å²) in [5.74, 6) is -2.26. The van der Waals surface area contributed by atoms with Gasteiger partial charge < -0.3 is 19.9 Å². The molecule has 0 saturated carbocycles. The number of allylic oxidation sites excluding steroid dienone is 2. The van der Waals surface area contributed by atoms with E-state index in [0.717, 1.165) is 29.5 Å². The molecule has 0 unspecified atom stereocenters. The lowest BCUT2D eigenvalue weighted by Crippen LogP contribution is -2.44. The summed E-state index contributed by atoms with van der Waals surface area (Å²) in [7, 11) is -1.13. The number of fused-ring (bicyclic) bond motifs is 3. The molecule has 1 aliphatic carbocycles. The van der Waals surface area contributed by atoms with Gasteiger partial charge in [0.05, 0.1) is 17.9 Å². The number of hydrogen-bond donors (Lipinski definition) is 3. The monoisotopic (exact) mass is 469 g/mol. The van der Waals surface area contributed by atoms with Crippen LogP contribution in [0.1, 0.15) is 70.0 Å². The smallest absolute Gasteiger partial charge is 0.487 e. The van der Waals surface area contributed by atoms with E-state index >= 15 is 0 Å². The van der Waals surface area contributed by atoms with Crippen LogP contribution < -0.4 is 0 Å². The highest BCUT2D eigenvalue weighted by molar-refractivity contribution is 6.53. The molecule has 3 aliphatic rings. The molecule has 1 aromatic carbocycles. The maximum atomic E-state index is 13.5. The fourth-order valence-electron chi connectivity index (χ4n) is 5.86. The van der Waals surface area contributed by atoms with Crippen LogP contribution in [0.2, 0.25) is 0 Å². The summed E-state index contributed by atoms with van der Waals surface area (Å²) in [5, 5.41) is 29.4. The molecule has 2 aliphatic heterocycles. The van der Waals surface area contributed by atoms with Crippen molar-refractivity contribution in [3.63, 3.8) is 0 Å². The first kappa shape index (κ1) is 24.5. The Morgan fingerprint density at radius 3 is 2.53 bits per heavy atom. The predicted octanol–water partition coefficient (Wildman–Crippen LogP) is 3.24. The standard InChI is InChI=1S/C25H32BNO7/c1-2-6-16-13-19-22(25(32)27(24(19)31)12-5-3-4-7-21(29)30)18-14-20(34-26(33)23(16)18)15-8-10-17(28)11-9-15/h8-11,18-20,22,28,33H,2-7,12-14H2,1H3,(H,29,30)/t18-,19-,20-,22+/m0/s1. The second kappa shape index (κ2) is 10.3. The highest BCUT2D eigenvalue weighted by atomic mass is 16.5.